The SMILES string of the molecule is COc1cc(CCCN2CCC(n3nc(Cc4ccc(F)cc4)c4ccccc4c3=O)CC2)cc(OC)c1OC. The van der Waals surface area contributed by atoms with E-state index in [1.54, 1.807) is 38.1 Å². The average molecular weight is 546 g/mol. The third kappa shape index (κ3) is 5.97. The van der Waals surface area contributed by atoms with Crippen LogP contribution in [0, 0.1) is 5.82 Å². The molecular formula is C32H36FN3O4. The lowest BCUT2D eigenvalue weighted by Gasteiger charge is -2.32. The molecule has 0 radical (unpaired) electrons. The first-order valence-corrected chi connectivity index (χ1v) is 13.8. The zero-order chi connectivity index (χ0) is 28.1. The topological polar surface area (TPSA) is 65.8 Å². The number of fused-ring (bicyclic) bond motifs is 1. The highest BCUT2D eigenvalue weighted by Gasteiger charge is 2.24. The number of ether oxygens (including phenoxy) is 3. The molecule has 0 amide bonds. The summed E-state index contributed by atoms with van der Waals surface area (Å²) in [6.45, 7) is 2.79. The molecular weight excluding hydrogens is 509 g/mol. The van der Waals surface area contributed by atoms with Gasteiger partial charge in [-0.1, -0.05) is 30.3 Å². The number of nitrogens with zero attached hydrogens (tertiary/aromatic N) is 3. The largest absolute Gasteiger partial charge is 0.493 e. The summed E-state index contributed by atoms with van der Waals surface area (Å²) >= 11 is 0. The molecule has 0 aliphatic carbocycles. The first-order chi connectivity index (χ1) is 19.5. The second-order valence-corrected chi connectivity index (χ2v) is 10.3. The molecule has 0 N–H and O–H groups in total. The molecule has 8 heteroatoms. The quantitative estimate of drug-likeness (QED) is 0.265. The molecule has 1 aliphatic heterocycles. The van der Waals surface area contributed by atoms with Crippen LogP contribution in [0.5, 0.6) is 17.2 Å². The van der Waals surface area contributed by atoms with Crippen LogP contribution in [0.4, 0.5) is 4.39 Å². The summed E-state index contributed by atoms with van der Waals surface area (Å²) in [4.78, 5) is 15.9. The van der Waals surface area contributed by atoms with Crippen molar-refractivity contribution >= 4 is 10.8 Å². The average Bonchev–Trinajstić information content (AvgIpc) is 2.99. The normalized spacial score (nSPS) is 14.4. The van der Waals surface area contributed by atoms with Gasteiger partial charge in [-0.3, -0.25) is 4.79 Å². The first kappa shape index (κ1) is 27.6. The fourth-order valence-corrected chi connectivity index (χ4v) is 5.62. The summed E-state index contributed by atoms with van der Waals surface area (Å²) in [7, 11) is 4.87. The Morgan fingerprint density at radius 2 is 1.52 bits per heavy atom. The van der Waals surface area contributed by atoms with Gasteiger partial charge < -0.3 is 19.1 Å². The lowest BCUT2D eigenvalue weighted by Crippen LogP contribution is -2.39. The Labute approximate surface area is 234 Å². The van der Waals surface area contributed by atoms with Crippen molar-refractivity contribution in [2.45, 2.75) is 38.1 Å². The van der Waals surface area contributed by atoms with Gasteiger partial charge in [-0.05, 0) is 73.7 Å². The van der Waals surface area contributed by atoms with Gasteiger partial charge >= 0.3 is 0 Å². The molecule has 0 atom stereocenters. The minimum atomic E-state index is -0.262. The van der Waals surface area contributed by atoms with E-state index in [9.17, 15) is 9.18 Å². The van der Waals surface area contributed by atoms with Crippen molar-refractivity contribution in [1.82, 2.24) is 14.7 Å². The van der Waals surface area contributed by atoms with Crippen LogP contribution < -0.4 is 19.8 Å². The van der Waals surface area contributed by atoms with E-state index in [2.05, 4.69) is 4.90 Å². The van der Waals surface area contributed by atoms with Crippen molar-refractivity contribution in [1.29, 1.82) is 0 Å². The van der Waals surface area contributed by atoms with Crippen molar-refractivity contribution in [2.75, 3.05) is 41.0 Å². The third-order valence-corrected chi connectivity index (χ3v) is 7.76. The standard InChI is InChI=1S/C32H36FN3O4/c1-38-29-20-23(21-30(39-2)31(29)40-3)7-6-16-35-17-14-25(15-18-35)36-32(37)27-9-5-4-8-26(27)28(34-36)19-22-10-12-24(33)13-11-22/h4-5,8-13,20-21,25H,6-7,14-19H2,1-3H3. The van der Waals surface area contributed by atoms with E-state index in [1.165, 1.54) is 12.1 Å². The van der Waals surface area contributed by atoms with Gasteiger partial charge in [0.2, 0.25) is 5.75 Å². The number of aromatic nitrogens is 2. The van der Waals surface area contributed by atoms with Crippen molar-refractivity contribution < 1.29 is 18.6 Å². The molecule has 0 saturated carbocycles. The fraction of sp³-hybridized carbons (Fsp3) is 0.375. The number of hydrogen-bond acceptors (Lipinski definition) is 6. The molecule has 4 aromatic rings. The van der Waals surface area contributed by atoms with Crippen molar-refractivity contribution in [3.63, 3.8) is 0 Å². The van der Waals surface area contributed by atoms with Crippen molar-refractivity contribution in [2.24, 2.45) is 0 Å². The number of likely N-dealkylation sites (tertiary alicyclic amines) is 1. The highest BCUT2D eigenvalue weighted by Crippen LogP contribution is 2.38. The summed E-state index contributed by atoms with van der Waals surface area (Å²) in [5, 5.41) is 6.41. The van der Waals surface area contributed by atoms with Gasteiger partial charge in [0, 0.05) is 24.9 Å². The smallest absolute Gasteiger partial charge is 0.274 e. The summed E-state index contributed by atoms with van der Waals surface area (Å²) < 4.78 is 31.6. The lowest BCUT2D eigenvalue weighted by atomic mass is 10.0. The Morgan fingerprint density at radius 3 is 2.15 bits per heavy atom. The Bertz CT molecular complexity index is 1490. The molecule has 40 heavy (non-hydrogen) atoms. The minimum absolute atomic E-state index is 0.0423. The number of aryl methyl sites for hydroxylation is 1. The maximum atomic E-state index is 13.4. The second-order valence-electron chi connectivity index (χ2n) is 10.3. The highest BCUT2D eigenvalue weighted by molar-refractivity contribution is 5.83. The number of rotatable bonds is 10. The van der Waals surface area contributed by atoms with Crippen LogP contribution in [0.25, 0.3) is 10.8 Å². The number of halogens is 1. The molecule has 0 spiro atoms. The molecule has 0 unspecified atom stereocenters. The number of methoxy groups -OCH3 is 3. The second kappa shape index (κ2) is 12.5. The Morgan fingerprint density at radius 1 is 0.875 bits per heavy atom. The maximum Gasteiger partial charge on any atom is 0.274 e. The van der Waals surface area contributed by atoms with Gasteiger partial charge in [0.25, 0.3) is 5.56 Å². The monoisotopic (exact) mass is 545 g/mol. The number of benzene rings is 3. The summed E-state index contributed by atoms with van der Waals surface area (Å²) in [6.07, 6.45) is 4.17. The summed E-state index contributed by atoms with van der Waals surface area (Å²) in [5.41, 5.74) is 2.91. The van der Waals surface area contributed by atoms with E-state index < -0.39 is 0 Å². The van der Waals surface area contributed by atoms with Crippen LogP contribution in [0.2, 0.25) is 0 Å². The van der Waals surface area contributed by atoms with E-state index in [-0.39, 0.29) is 17.4 Å². The molecule has 3 aromatic carbocycles. The first-order valence-electron chi connectivity index (χ1n) is 13.8. The Hall–Kier alpha value is -3.91. The molecule has 1 aliphatic rings. The van der Waals surface area contributed by atoms with E-state index in [0.29, 0.717) is 29.1 Å². The van der Waals surface area contributed by atoms with Crippen LogP contribution in [-0.4, -0.2) is 55.6 Å². The molecule has 1 fully saturated rings. The van der Waals surface area contributed by atoms with Gasteiger partial charge in [-0.25, -0.2) is 9.07 Å². The zero-order valence-electron chi connectivity index (χ0n) is 23.4. The van der Waals surface area contributed by atoms with Gasteiger partial charge in [0.1, 0.15) is 5.82 Å². The zero-order valence-corrected chi connectivity index (χ0v) is 23.4. The van der Waals surface area contributed by atoms with Crippen LogP contribution in [0.15, 0.2) is 65.5 Å². The van der Waals surface area contributed by atoms with E-state index in [0.717, 1.165) is 67.5 Å². The summed E-state index contributed by atoms with van der Waals surface area (Å²) in [6, 6.07) is 18.2. The van der Waals surface area contributed by atoms with Gasteiger partial charge in [0.05, 0.1) is 38.5 Å². The number of piperidine rings is 1. The molecule has 210 valence electrons. The highest BCUT2D eigenvalue weighted by atomic mass is 19.1. The predicted molar refractivity (Wildman–Crippen MR) is 154 cm³/mol. The van der Waals surface area contributed by atoms with Crippen molar-refractivity contribution in [3.8, 4) is 17.2 Å². The number of hydrogen-bond donors (Lipinski definition) is 0. The van der Waals surface area contributed by atoms with Crippen LogP contribution in [-0.2, 0) is 12.8 Å². The fourth-order valence-electron chi connectivity index (χ4n) is 5.62. The molecule has 7 nitrogen and oxygen atoms in total. The molecule has 1 saturated heterocycles. The van der Waals surface area contributed by atoms with Crippen LogP contribution >= 0.6 is 0 Å². The Balaban J connectivity index is 1.25. The van der Waals surface area contributed by atoms with Crippen molar-refractivity contribution in [3.05, 3.63) is 93.7 Å². The molecule has 1 aromatic heterocycles. The third-order valence-electron chi connectivity index (χ3n) is 7.76. The lowest BCUT2D eigenvalue weighted by molar-refractivity contribution is 0.175. The van der Waals surface area contributed by atoms with E-state index >= 15 is 0 Å². The minimum Gasteiger partial charge on any atom is -0.493 e. The van der Waals surface area contributed by atoms with Gasteiger partial charge in [-0.15, -0.1) is 0 Å². The van der Waals surface area contributed by atoms with Gasteiger partial charge in [0.15, 0.2) is 11.5 Å². The van der Waals surface area contributed by atoms with Crippen LogP contribution in [0.3, 0.4) is 0 Å². The molecule has 2 heterocycles. The predicted octanol–water partition coefficient (Wildman–Crippen LogP) is 5.42. The van der Waals surface area contributed by atoms with Gasteiger partial charge in [-0.2, -0.15) is 5.10 Å². The van der Waals surface area contributed by atoms with E-state index in [4.69, 9.17) is 19.3 Å². The molecule has 0 bridgehead atoms. The maximum absolute atomic E-state index is 13.4. The summed E-state index contributed by atoms with van der Waals surface area (Å²) in [5.74, 6) is 1.69. The molecule has 5 rings (SSSR count). The van der Waals surface area contributed by atoms with E-state index in [1.807, 2.05) is 36.4 Å². The van der Waals surface area contributed by atoms with Crippen LogP contribution in [0.1, 0.15) is 42.1 Å². The Kier molecular flexibility index (Phi) is 8.65.